The van der Waals surface area contributed by atoms with E-state index in [0.29, 0.717) is 0 Å². The molecule has 31 heavy (non-hydrogen) atoms. The number of aryl methyl sites for hydroxylation is 1. The zero-order valence-corrected chi connectivity index (χ0v) is 19.1. The summed E-state index contributed by atoms with van der Waals surface area (Å²) in [7, 11) is 2.19. The molecule has 3 aromatic rings. The average molecular weight is 417 g/mol. The maximum absolute atomic E-state index is 6.24. The number of ether oxygens (including phenoxy) is 1. The van der Waals surface area contributed by atoms with Gasteiger partial charge in [0.05, 0.1) is 6.61 Å². The summed E-state index contributed by atoms with van der Waals surface area (Å²) in [4.78, 5) is 4.94. The molecule has 0 spiro atoms. The Bertz CT molecular complexity index is 972. The van der Waals surface area contributed by atoms with E-state index in [1.807, 2.05) is 0 Å². The van der Waals surface area contributed by atoms with Gasteiger partial charge in [-0.2, -0.15) is 0 Å². The molecule has 164 valence electrons. The first-order chi connectivity index (χ1) is 15.3. The van der Waals surface area contributed by atoms with Crippen LogP contribution in [0, 0.1) is 0 Å². The van der Waals surface area contributed by atoms with E-state index in [0.717, 1.165) is 38.3 Å². The van der Waals surface area contributed by atoms with Crippen LogP contribution in [0.4, 0.5) is 5.69 Å². The Hall–Kier alpha value is -2.52. The van der Waals surface area contributed by atoms with Gasteiger partial charge in [0.15, 0.2) is 0 Å². The second kappa shape index (κ2) is 10.7. The summed E-state index contributed by atoms with van der Waals surface area (Å²) < 4.78 is 6.24. The van der Waals surface area contributed by atoms with Crippen LogP contribution in [0.5, 0.6) is 5.75 Å². The van der Waals surface area contributed by atoms with Gasteiger partial charge in [-0.25, -0.2) is 0 Å². The van der Waals surface area contributed by atoms with Gasteiger partial charge in [-0.15, -0.1) is 0 Å². The van der Waals surface area contributed by atoms with Crippen molar-refractivity contribution >= 4 is 16.5 Å². The van der Waals surface area contributed by atoms with Gasteiger partial charge in [0.2, 0.25) is 0 Å². The van der Waals surface area contributed by atoms with Crippen LogP contribution in [-0.4, -0.2) is 38.2 Å². The number of hydrogen-bond acceptors (Lipinski definition) is 3. The van der Waals surface area contributed by atoms with Crippen LogP contribution in [0.15, 0.2) is 60.7 Å². The van der Waals surface area contributed by atoms with Gasteiger partial charge >= 0.3 is 0 Å². The Labute approximate surface area is 187 Å². The van der Waals surface area contributed by atoms with Crippen molar-refractivity contribution in [1.82, 2.24) is 4.90 Å². The lowest BCUT2D eigenvalue weighted by Gasteiger charge is -2.26. The molecule has 1 heterocycles. The molecular weight excluding hydrogens is 380 g/mol. The number of piperidine rings is 1. The summed E-state index contributed by atoms with van der Waals surface area (Å²) >= 11 is 0. The van der Waals surface area contributed by atoms with Crippen LogP contribution in [0.1, 0.15) is 43.7 Å². The first kappa shape index (κ1) is 21.7. The minimum atomic E-state index is 0.783. The van der Waals surface area contributed by atoms with E-state index in [4.69, 9.17) is 4.74 Å². The predicted octanol–water partition coefficient (Wildman–Crippen LogP) is 6.29. The van der Waals surface area contributed by atoms with Crippen LogP contribution >= 0.6 is 0 Å². The largest absolute Gasteiger partial charge is 0.493 e. The number of rotatable bonds is 9. The zero-order chi connectivity index (χ0) is 21.5. The van der Waals surface area contributed by atoms with Gasteiger partial charge in [-0.05, 0) is 61.9 Å². The lowest BCUT2D eigenvalue weighted by Crippen LogP contribution is -2.31. The van der Waals surface area contributed by atoms with Crippen molar-refractivity contribution in [2.45, 2.75) is 45.6 Å². The van der Waals surface area contributed by atoms with Crippen LogP contribution < -0.4 is 9.64 Å². The summed E-state index contributed by atoms with van der Waals surface area (Å²) in [6.07, 6.45) is 6.23. The molecule has 0 N–H and O–H groups in total. The molecule has 0 radical (unpaired) electrons. The maximum Gasteiger partial charge on any atom is 0.124 e. The monoisotopic (exact) mass is 416 g/mol. The third kappa shape index (κ3) is 5.40. The molecule has 0 atom stereocenters. The topological polar surface area (TPSA) is 15.7 Å². The van der Waals surface area contributed by atoms with Gasteiger partial charge in [-0.1, -0.05) is 61.9 Å². The molecule has 1 aliphatic rings. The first-order valence-electron chi connectivity index (χ1n) is 11.9. The SMILES string of the molecule is CCc1cccc2cccc(N(C)Cc3ccccc3OCCCN3CCCCC3)c12. The molecule has 0 bridgehead atoms. The molecular formula is C28H36N2O. The number of para-hydroxylation sites is 1. The highest BCUT2D eigenvalue weighted by Crippen LogP contribution is 2.31. The highest BCUT2D eigenvalue weighted by Gasteiger charge is 2.13. The number of anilines is 1. The summed E-state index contributed by atoms with van der Waals surface area (Å²) in [6.45, 7) is 7.51. The van der Waals surface area contributed by atoms with Crippen LogP contribution in [0.25, 0.3) is 10.8 Å². The van der Waals surface area contributed by atoms with Gasteiger partial charge in [0.1, 0.15) is 5.75 Å². The molecule has 0 aliphatic carbocycles. The van der Waals surface area contributed by atoms with Crippen molar-refractivity contribution in [3.63, 3.8) is 0 Å². The molecule has 3 heteroatoms. The van der Waals surface area contributed by atoms with Crippen molar-refractivity contribution in [3.8, 4) is 5.75 Å². The summed E-state index contributed by atoms with van der Waals surface area (Å²) in [5.41, 5.74) is 3.94. The second-order valence-corrected chi connectivity index (χ2v) is 8.71. The van der Waals surface area contributed by atoms with E-state index in [2.05, 4.69) is 84.4 Å². The minimum Gasteiger partial charge on any atom is -0.493 e. The number of hydrogen-bond donors (Lipinski definition) is 0. The van der Waals surface area contributed by atoms with E-state index in [9.17, 15) is 0 Å². The van der Waals surface area contributed by atoms with E-state index in [1.165, 1.54) is 59.9 Å². The Morgan fingerprint density at radius 1 is 0.871 bits per heavy atom. The molecule has 0 unspecified atom stereocenters. The van der Waals surface area contributed by atoms with Gasteiger partial charge in [0.25, 0.3) is 0 Å². The van der Waals surface area contributed by atoms with Crippen molar-refractivity contribution in [2.24, 2.45) is 0 Å². The van der Waals surface area contributed by atoms with Crippen molar-refractivity contribution in [1.29, 1.82) is 0 Å². The van der Waals surface area contributed by atoms with E-state index in [1.54, 1.807) is 0 Å². The van der Waals surface area contributed by atoms with E-state index in [-0.39, 0.29) is 0 Å². The van der Waals surface area contributed by atoms with Crippen LogP contribution in [0.3, 0.4) is 0 Å². The van der Waals surface area contributed by atoms with Gasteiger partial charge in [-0.3, -0.25) is 0 Å². The second-order valence-electron chi connectivity index (χ2n) is 8.71. The third-order valence-corrected chi connectivity index (χ3v) is 6.47. The standard InChI is InChI=1S/C28H36N2O/c1-3-23-13-9-14-24-15-10-16-26(28(23)24)29(2)22-25-12-5-6-17-27(25)31-21-11-20-30-18-7-4-8-19-30/h5-6,9-10,12-17H,3-4,7-8,11,18-22H2,1-2H3. The fourth-order valence-electron chi connectivity index (χ4n) is 4.78. The zero-order valence-electron chi connectivity index (χ0n) is 19.1. The van der Waals surface area contributed by atoms with Crippen LogP contribution in [0.2, 0.25) is 0 Å². The minimum absolute atomic E-state index is 0.783. The quantitative estimate of drug-likeness (QED) is 0.381. The molecule has 0 amide bonds. The van der Waals surface area contributed by atoms with Gasteiger partial charge in [0, 0.05) is 36.8 Å². The Morgan fingerprint density at radius 3 is 2.42 bits per heavy atom. The Morgan fingerprint density at radius 2 is 1.61 bits per heavy atom. The summed E-state index contributed by atoms with van der Waals surface area (Å²) in [6, 6.07) is 21.8. The summed E-state index contributed by atoms with van der Waals surface area (Å²) in [5, 5.41) is 2.68. The first-order valence-corrected chi connectivity index (χ1v) is 11.9. The smallest absolute Gasteiger partial charge is 0.124 e. The number of nitrogens with zero attached hydrogens (tertiary/aromatic N) is 2. The maximum atomic E-state index is 6.24. The molecule has 0 aromatic heterocycles. The molecule has 1 saturated heterocycles. The van der Waals surface area contributed by atoms with Gasteiger partial charge < -0.3 is 14.5 Å². The normalized spacial score (nSPS) is 14.6. The van der Waals surface area contributed by atoms with Crippen molar-refractivity contribution in [2.75, 3.05) is 38.2 Å². The third-order valence-electron chi connectivity index (χ3n) is 6.47. The lowest BCUT2D eigenvalue weighted by molar-refractivity contribution is 0.204. The molecule has 0 saturated carbocycles. The average Bonchev–Trinajstić information content (AvgIpc) is 2.82. The molecule has 3 nitrogen and oxygen atoms in total. The lowest BCUT2D eigenvalue weighted by atomic mass is 10.00. The molecule has 3 aromatic carbocycles. The highest BCUT2D eigenvalue weighted by molar-refractivity contribution is 5.97. The number of likely N-dealkylation sites (tertiary alicyclic amines) is 1. The molecule has 1 fully saturated rings. The fraction of sp³-hybridized carbons (Fsp3) is 0.429. The number of fused-ring (bicyclic) bond motifs is 1. The van der Waals surface area contributed by atoms with Crippen molar-refractivity contribution in [3.05, 3.63) is 71.8 Å². The molecule has 4 rings (SSSR count). The Balaban J connectivity index is 1.43. The van der Waals surface area contributed by atoms with E-state index >= 15 is 0 Å². The Kier molecular flexibility index (Phi) is 7.48. The molecule has 1 aliphatic heterocycles. The fourth-order valence-corrected chi connectivity index (χ4v) is 4.78. The van der Waals surface area contributed by atoms with E-state index < -0.39 is 0 Å². The van der Waals surface area contributed by atoms with Crippen LogP contribution in [-0.2, 0) is 13.0 Å². The van der Waals surface area contributed by atoms with Crippen molar-refractivity contribution < 1.29 is 4.74 Å². The summed E-state index contributed by atoms with van der Waals surface area (Å²) in [5.74, 6) is 1.02. The predicted molar refractivity (Wildman–Crippen MR) is 132 cm³/mol. The number of benzene rings is 3. The highest BCUT2D eigenvalue weighted by atomic mass is 16.5.